The SMILES string of the molecule is CCCC(=O)N1CCN(C(=O)Cc2nc3ccccc3c(OC)c2C(N)=O)CC1. The molecule has 29 heavy (non-hydrogen) atoms. The van der Waals surface area contributed by atoms with Crippen molar-refractivity contribution < 1.29 is 19.1 Å². The number of primary amides is 1. The van der Waals surface area contributed by atoms with Crippen LogP contribution in [0.4, 0.5) is 0 Å². The largest absolute Gasteiger partial charge is 0.495 e. The average molecular weight is 398 g/mol. The van der Waals surface area contributed by atoms with E-state index in [4.69, 9.17) is 10.5 Å². The van der Waals surface area contributed by atoms with Crippen LogP contribution in [0.1, 0.15) is 35.8 Å². The molecule has 0 aliphatic carbocycles. The number of piperazine rings is 1. The topological polar surface area (TPSA) is 106 Å². The van der Waals surface area contributed by atoms with E-state index in [2.05, 4.69) is 4.98 Å². The summed E-state index contributed by atoms with van der Waals surface area (Å²) in [6, 6.07) is 7.25. The van der Waals surface area contributed by atoms with Crippen molar-refractivity contribution in [1.29, 1.82) is 0 Å². The number of amides is 3. The van der Waals surface area contributed by atoms with Crippen LogP contribution in [0.3, 0.4) is 0 Å². The molecule has 154 valence electrons. The van der Waals surface area contributed by atoms with Crippen molar-refractivity contribution in [2.75, 3.05) is 33.3 Å². The van der Waals surface area contributed by atoms with E-state index in [0.717, 1.165) is 6.42 Å². The van der Waals surface area contributed by atoms with Crippen molar-refractivity contribution in [3.8, 4) is 5.75 Å². The number of carbonyl (C=O) groups is 3. The van der Waals surface area contributed by atoms with Gasteiger partial charge in [-0.3, -0.25) is 19.4 Å². The number of nitrogens with zero attached hydrogens (tertiary/aromatic N) is 3. The van der Waals surface area contributed by atoms with Crippen molar-refractivity contribution in [3.05, 3.63) is 35.5 Å². The van der Waals surface area contributed by atoms with Crippen molar-refractivity contribution in [2.45, 2.75) is 26.2 Å². The third-order valence-corrected chi connectivity index (χ3v) is 5.14. The number of hydrogen-bond donors (Lipinski definition) is 1. The Bertz CT molecular complexity index is 936. The fourth-order valence-corrected chi connectivity index (χ4v) is 3.66. The predicted octanol–water partition coefficient (Wildman–Crippen LogP) is 1.36. The van der Waals surface area contributed by atoms with Gasteiger partial charge in [0.1, 0.15) is 11.3 Å². The van der Waals surface area contributed by atoms with Crippen LogP contribution in [-0.2, 0) is 16.0 Å². The molecule has 1 aliphatic heterocycles. The standard InChI is InChI=1S/C21H26N4O4/c1-3-6-17(26)24-9-11-25(12-10-24)18(27)13-16-19(21(22)28)20(29-2)14-7-4-5-8-15(14)23-16/h4-5,7-8H,3,6,9-13H2,1-2H3,(H2,22,28). The average Bonchev–Trinajstić information content (AvgIpc) is 2.72. The first-order chi connectivity index (χ1) is 14.0. The Balaban J connectivity index is 1.81. The summed E-state index contributed by atoms with van der Waals surface area (Å²) in [5.41, 5.74) is 6.66. The van der Waals surface area contributed by atoms with Crippen molar-refractivity contribution >= 4 is 28.6 Å². The first-order valence-corrected chi connectivity index (χ1v) is 9.77. The van der Waals surface area contributed by atoms with E-state index in [-0.39, 0.29) is 23.8 Å². The van der Waals surface area contributed by atoms with Crippen molar-refractivity contribution in [1.82, 2.24) is 14.8 Å². The number of benzene rings is 1. The van der Waals surface area contributed by atoms with Gasteiger partial charge in [0, 0.05) is 38.0 Å². The van der Waals surface area contributed by atoms with E-state index in [1.807, 2.05) is 19.1 Å². The molecule has 8 heteroatoms. The molecule has 0 saturated carbocycles. The molecule has 1 aromatic carbocycles. The number of aromatic nitrogens is 1. The molecule has 8 nitrogen and oxygen atoms in total. The van der Waals surface area contributed by atoms with Gasteiger partial charge in [0.15, 0.2) is 0 Å². The Labute approximate surface area is 169 Å². The van der Waals surface area contributed by atoms with Gasteiger partial charge in [-0.2, -0.15) is 0 Å². The summed E-state index contributed by atoms with van der Waals surface area (Å²) in [4.78, 5) is 45.0. The summed E-state index contributed by atoms with van der Waals surface area (Å²) in [5.74, 6) is -0.379. The summed E-state index contributed by atoms with van der Waals surface area (Å²) in [6.45, 7) is 3.93. The lowest BCUT2D eigenvalue weighted by atomic mass is 10.0. The zero-order valence-electron chi connectivity index (χ0n) is 16.8. The van der Waals surface area contributed by atoms with Gasteiger partial charge in [-0.05, 0) is 18.6 Å². The molecule has 0 atom stereocenters. The number of hydrogen-bond acceptors (Lipinski definition) is 5. The number of fused-ring (bicyclic) bond motifs is 1. The molecule has 1 aromatic heterocycles. The van der Waals surface area contributed by atoms with Crippen LogP contribution in [0.15, 0.2) is 24.3 Å². The molecular formula is C21H26N4O4. The molecular weight excluding hydrogens is 372 g/mol. The van der Waals surface area contributed by atoms with Crippen LogP contribution in [0.5, 0.6) is 5.75 Å². The van der Waals surface area contributed by atoms with E-state index < -0.39 is 5.91 Å². The lowest BCUT2D eigenvalue weighted by Gasteiger charge is -2.35. The monoisotopic (exact) mass is 398 g/mol. The van der Waals surface area contributed by atoms with Gasteiger partial charge >= 0.3 is 0 Å². The van der Waals surface area contributed by atoms with Gasteiger partial charge in [0.05, 0.1) is 24.7 Å². The maximum atomic E-state index is 12.9. The highest BCUT2D eigenvalue weighted by Gasteiger charge is 2.27. The van der Waals surface area contributed by atoms with Crippen LogP contribution in [0.25, 0.3) is 10.9 Å². The zero-order chi connectivity index (χ0) is 21.0. The second-order valence-electron chi connectivity index (χ2n) is 7.04. The third-order valence-electron chi connectivity index (χ3n) is 5.14. The van der Waals surface area contributed by atoms with Gasteiger partial charge in [-0.15, -0.1) is 0 Å². The van der Waals surface area contributed by atoms with Gasteiger partial charge < -0.3 is 20.3 Å². The maximum Gasteiger partial charge on any atom is 0.254 e. The van der Waals surface area contributed by atoms with E-state index in [1.165, 1.54) is 7.11 Å². The molecule has 2 N–H and O–H groups in total. The highest BCUT2D eigenvalue weighted by atomic mass is 16.5. The van der Waals surface area contributed by atoms with Gasteiger partial charge in [0.25, 0.3) is 5.91 Å². The summed E-state index contributed by atoms with van der Waals surface area (Å²) in [6.07, 6.45) is 1.28. The minimum atomic E-state index is -0.683. The lowest BCUT2D eigenvalue weighted by molar-refractivity contribution is -0.139. The molecule has 1 saturated heterocycles. The molecule has 3 rings (SSSR count). The molecule has 2 aromatic rings. The van der Waals surface area contributed by atoms with Crippen LogP contribution >= 0.6 is 0 Å². The highest BCUT2D eigenvalue weighted by molar-refractivity contribution is 6.03. The second-order valence-corrected chi connectivity index (χ2v) is 7.04. The van der Waals surface area contributed by atoms with Gasteiger partial charge in [-0.1, -0.05) is 19.1 Å². The number of ether oxygens (including phenoxy) is 1. The lowest BCUT2D eigenvalue weighted by Crippen LogP contribution is -2.51. The van der Waals surface area contributed by atoms with E-state index in [1.54, 1.807) is 21.9 Å². The number of nitrogens with two attached hydrogens (primary N) is 1. The van der Waals surface area contributed by atoms with Gasteiger partial charge in [-0.25, -0.2) is 0 Å². The highest BCUT2D eigenvalue weighted by Crippen LogP contribution is 2.31. The zero-order valence-corrected chi connectivity index (χ0v) is 16.8. The number of methoxy groups -OCH3 is 1. The summed E-state index contributed by atoms with van der Waals surface area (Å²) in [5, 5.41) is 0.669. The van der Waals surface area contributed by atoms with Crippen LogP contribution < -0.4 is 10.5 Å². The summed E-state index contributed by atoms with van der Waals surface area (Å²) >= 11 is 0. The molecule has 0 bridgehead atoms. The van der Waals surface area contributed by atoms with E-state index in [0.29, 0.717) is 54.9 Å². The minimum absolute atomic E-state index is 0.0532. The van der Waals surface area contributed by atoms with E-state index >= 15 is 0 Å². The summed E-state index contributed by atoms with van der Waals surface area (Å²) in [7, 11) is 1.46. The van der Waals surface area contributed by atoms with Crippen LogP contribution in [-0.4, -0.2) is 65.8 Å². The third kappa shape index (κ3) is 4.31. The fraction of sp³-hybridized carbons (Fsp3) is 0.429. The van der Waals surface area contributed by atoms with Crippen molar-refractivity contribution in [3.63, 3.8) is 0 Å². The Kier molecular flexibility index (Phi) is 6.31. The normalized spacial score (nSPS) is 14.1. The number of rotatable bonds is 6. The molecule has 0 spiro atoms. The van der Waals surface area contributed by atoms with Gasteiger partial charge in [0.2, 0.25) is 11.8 Å². The van der Waals surface area contributed by atoms with E-state index in [9.17, 15) is 14.4 Å². The minimum Gasteiger partial charge on any atom is -0.495 e. The molecule has 0 unspecified atom stereocenters. The fourth-order valence-electron chi connectivity index (χ4n) is 3.66. The Morgan fingerprint density at radius 2 is 1.69 bits per heavy atom. The molecule has 3 amide bonds. The molecule has 2 heterocycles. The molecule has 1 aliphatic rings. The molecule has 1 fully saturated rings. The Morgan fingerprint density at radius 1 is 1.07 bits per heavy atom. The number of carbonyl (C=O) groups excluding carboxylic acids is 3. The first-order valence-electron chi connectivity index (χ1n) is 9.77. The predicted molar refractivity (Wildman–Crippen MR) is 109 cm³/mol. The second kappa shape index (κ2) is 8.89. The Morgan fingerprint density at radius 3 is 2.28 bits per heavy atom. The summed E-state index contributed by atoms with van der Waals surface area (Å²) < 4.78 is 5.44. The number of pyridine rings is 1. The first kappa shape index (κ1) is 20.6. The Hall–Kier alpha value is -3.16. The maximum absolute atomic E-state index is 12.9. The number of para-hydroxylation sites is 1. The smallest absolute Gasteiger partial charge is 0.254 e. The van der Waals surface area contributed by atoms with Crippen molar-refractivity contribution in [2.24, 2.45) is 5.73 Å². The van der Waals surface area contributed by atoms with Crippen LogP contribution in [0.2, 0.25) is 0 Å². The van der Waals surface area contributed by atoms with Crippen LogP contribution in [0, 0.1) is 0 Å². The molecule has 0 radical (unpaired) electrons. The quantitative estimate of drug-likeness (QED) is 0.791.